The lowest BCUT2D eigenvalue weighted by molar-refractivity contribution is -0.145. The minimum absolute atomic E-state index is 0.0151. The zero-order valence-corrected chi connectivity index (χ0v) is 28.9. The van der Waals surface area contributed by atoms with Gasteiger partial charge in [0.1, 0.15) is 11.8 Å². The van der Waals surface area contributed by atoms with Gasteiger partial charge in [0.05, 0.1) is 23.2 Å². The van der Waals surface area contributed by atoms with E-state index in [9.17, 15) is 19.5 Å². The highest BCUT2D eigenvalue weighted by molar-refractivity contribution is 9.09. The van der Waals surface area contributed by atoms with Crippen LogP contribution in [0.1, 0.15) is 59.8 Å². The first-order valence-corrected chi connectivity index (χ1v) is 17.6. The molecule has 6 atom stereocenters. The number of halogens is 1. The van der Waals surface area contributed by atoms with Crippen LogP contribution in [0.5, 0.6) is 5.75 Å². The molecule has 3 heterocycles. The number of ether oxygens (including phenoxy) is 1. The fraction of sp³-hybridized carbons (Fsp3) is 0.618. The number of amides is 3. The maximum absolute atomic E-state index is 14.6. The van der Waals surface area contributed by atoms with Crippen LogP contribution in [-0.4, -0.2) is 91.9 Å². The summed E-state index contributed by atoms with van der Waals surface area (Å²) in [5.74, 6) is -0.775. The molecule has 242 valence electrons. The number of hydrogen-bond acceptors (Lipinski definition) is 6. The molecule has 2 bridgehead atoms. The third-order valence-electron chi connectivity index (χ3n) is 9.04. The predicted molar refractivity (Wildman–Crippen MR) is 181 cm³/mol. The summed E-state index contributed by atoms with van der Waals surface area (Å²) in [6, 6.07) is 6.75. The molecule has 8 nitrogen and oxygen atoms in total. The van der Waals surface area contributed by atoms with E-state index in [4.69, 9.17) is 4.74 Å². The second-order valence-electron chi connectivity index (χ2n) is 12.9. The van der Waals surface area contributed by atoms with Gasteiger partial charge in [0.25, 0.3) is 0 Å². The quantitative estimate of drug-likeness (QED) is 0.150. The van der Waals surface area contributed by atoms with Crippen LogP contribution in [0.25, 0.3) is 0 Å². The number of likely N-dealkylation sites (tertiary alicyclic amines) is 1. The molecule has 44 heavy (non-hydrogen) atoms. The number of aliphatic hydroxyl groups excluding tert-OH is 1. The molecule has 0 aromatic heterocycles. The molecule has 3 fully saturated rings. The maximum Gasteiger partial charge on any atom is 0.247 e. The maximum atomic E-state index is 14.6. The van der Waals surface area contributed by atoms with Crippen molar-refractivity contribution in [3.63, 3.8) is 0 Å². The molecule has 3 aliphatic heterocycles. The number of unbranched alkanes of at least 4 members (excludes halogenated alkanes) is 3. The summed E-state index contributed by atoms with van der Waals surface area (Å²) in [5, 5.41) is 9.09. The lowest BCUT2D eigenvalue weighted by Crippen LogP contribution is -2.59. The van der Waals surface area contributed by atoms with E-state index < -0.39 is 28.2 Å². The zero-order chi connectivity index (χ0) is 32.2. The molecular weight excluding hydrogens is 642 g/mol. The Balaban J connectivity index is 1.74. The molecule has 1 spiro atoms. The average Bonchev–Trinajstić information content (AvgIpc) is 3.57. The Morgan fingerprint density at radius 3 is 2.36 bits per heavy atom. The van der Waals surface area contributed by atoms with E-state index >= 15 is 0 Å². The third-order valence-corrected chi connectivity index (χ3v) is 12.3. The number of aliphatic hydroxyl groups is 1. The number of alkyl halides is 1. The summed E-state index contributed by atoms with van der Waals surface area (Å²) in [4.78, 5) is 49.1. The third kappa shape index (κ3) is 6.49. The van der Waals surface area contributed by atoms with Crippen molar-refractivity contribution < 1.29 is 24.2 Å². The second-order valence-corrected chi connectivity index (χ2v) is 15.6. The van der Waals surface area contributed by atoms with Gasteiger partial charge in [0.2, 0.25) is 17.7 Å². The van der Waals surface area contributed by atoms with Crippen molar-refractivity contribution in [3.05, 3.63) is 49.6 Å². The van der Waals surface area contributed by atoms with Gasteiger partial charge in [-0.1, -0.05) is 40.9 Å². The summed E-state index contributed by atoms with van der Waals surface area (Å²) in [7, 11) is 0. The van der Waals surface area contributed by atoms with Gasteiger partial charge in [-0.05, 0) is 71.2 Å². The van der Waals surface area contributed by atoms with E-state index in [-0.39, 0.29) is 34.4 Å². The minimum Gasteiger partial charge on any atom is -0.494 e. The fourth-order valence-corrected chi connectivity index (χ4v) is 10.8. The van der Waals surface area contributed by atoms with Gasteiger partial charge in [-0.15, -0.1) is 24.9 Å². The van der Waals surface area contributed by atoms with Crippen LogP contribution in [0, 0.1) is 11.8 Å². The summed E-state index contributed by atoms with van der Waals surface area (Å²) < 4.78 is 4.89. The highest BCUT2D eigenvalue weighted by atomic mass is 79.9. The van der Waals surface area contributed by atoms with Gasteiger partial charge in [0, 0.05) is 47.5 Å². The average molecular weight is 691 g/mol. The number of anilines is 1. The van der Waals surface area contributed by atoms with Crippen molar-refractivity contribution >= 4 is 51.1 Å². The van der Waals surface area contributed by atoms with Crippen LogP contribution in [-0.2, 0) is 14.4 Å². The molecule has 1 aromatic rings. The lowest BCUT2D eigenvalue weighted by atomic mass is 9.70. The van der Waals surface area contributed by atoms with Crippen LogP contribution in [0.2, 0.25) is 0 Å². The minimum atomic E-state index is -0.720. The molecule has 3 unspecified atom stereocenters. The van der Waals surface area contributed by atoms with E-state index in [1.807, 2.05) is 56.9 Å². The predicted octanol–water partition coefficient (Wildman–Crippen LogP) is 5.43. The fourth-order valence-electron chi connectivity index (χ4n) is 7.17. The van der Waals surface area contributed by atoms with Crippen LogP contribution in [0.3, 0.4) is 0 Å². The molecule has 0 saturated carbocycles. The molecule has 10 heteroatoms. The number of rotatable bonds is 15. The number of fused-ring (bicyclic) bond motifs is 1. The molecular formula is C34H48BrN3O5S. The van der Waals surface area contributed by atoms with Crippen LogP contribution in [0.15, 0.2) is 49.6 Å². The normalized spacial score (nSPS) is 27.3. The number of benzene rings is 1. The molecule has 3 saturated heterocycles. The Kier molecular flexibility index (Phi) is 11.3. The lowest BCUT2D eigenvalue weighted by Gasteiger charge is -2.42. The van der Waals surface area contributed by atoms with Gasteiger partial charge in [-0.2, -0.15) is 0 Å². The largest absolute Gasteiger partial charge is 0.494 e. The van der Waals surface area contributed by atoms with E-state index in [0.29, 0.717) is 39.1 Å². The Labute approximate surface area is 275 Å². The molecule has 0 radical (unpaired) electrons. The van der Waals surface area contributed by atoms with E-state index in [1.54, 1.807) is 33.7 Å². The number of thioether (sulfide) groups is 1. The second kappa shape index (κ2) is 14.4. The number of hydrogen-bond donors (Lipinski definition) is 1. The summed E-state index contributed by atoms with van der Waals surface area (Å²) >= 11 is 5.55. The SMILES string of the molecule is C=CCN(C(=O)[C@H]1[C@H]2C(=O)N(CCCCCCO)C(C(=O)N(CC=C)C(C)(C)C)C23CC(Br)[C@@H]1S3)c1ccc(OCC)cc1. The van der Waals surface area contributed by atoms with E-state index in [2.05, 4.69) is 29.1 Å². The smallest absolute Gasteiger partial charge is 0.247 e. The van der Waals surface area contributed by atoms with Crippen molar-refractivity contribution in [1.29, 1.82) is 0 Å². The molecule has 4 rings (SSSR count). The number of nitrogens with zero attached hydrogens (tertiary/aromatic N) is 3. The highest BCUT2D eigenvalue weighted by Gasteiger charge is 2.76. The van der Waals surface area contributed by atoms with Gasteiger partial charge < -0.3 is 24.5 Å². The molecule has 1 aromatic carbocycles. The Bertz CT molecular complexity index is 1220. The van der Waals surface area contributed by atoms with Crippen LogP contribution in [0.4, 0.5) is 5.69 Å². The highest BCUT2D eigenvalue weighted by Crippen LogP contribution is 2.68. The van der Waals surface area contributed by atoms with Crippen molar-refractivity contribution in [1.82, 2.24) is 9.80 Å². The molecule has 0 aliphatic carbocycles. The first kappa shape index (κ1) is 34.6. The number of carbonyl (C=O) groups is 3. The van der Waals surface area contributed by atoms with Gasteiger partial charge in [-0.25, -0.2) is 0 Å². The van der Waals surface area contributed by atoms with Crippen LogP contribution < -0.4 is 9.64 Å². The van der Waals surface area contributed by atoms with E-state index in [0.717, 1.165) is 30.7 Å². The van der Waals surface area contributed by atoms with Crippen molar-refractivity contribution in [2.45, 2.75) is 86.2 Å². The molecule has 3 amide bonds. The van der Waals surface area contributed by atoms with Crippen LogP contribution >= 0.6 is 27.7 Å². The first-order chi connectivity index (χ1) is 21.0. The topological polar surface area (TPSA) is 90.4 Å². The monoisotopic (exact) mass is 689 g/mol. The van der Waals surface area contributed by atoms with E-state index in [1.165, 1.54) is 0 Å². The van der Waals surface area contributed by atoms with Crippen molar-refractivity contribution in [2.75, 3.05) is 37.7 Å². The van der Waals surface area contributed by atoms with Gasteiger partial charge in [-0.3, -0.25) is 14.4 Å². The molecule has 3 aliphatic rings. The summed E-state index contributed by atoms with van der Waals surface area (Å²) in [5.41, 5.74) is 0.240. The number of carbonyl (C=O) groups excluding carboxylic acids is 3. The Morgan fingerprint density at radius 2 is 1.77 bits per heavy atom. The van der Waals surface area contributed by atoms with Crippen molar-refractivity contribution in [2.24, 2.45) is 11.8 Å². The Hall–Kier alpha value is -2.30. The van der Waals surface area contributed by atoms with Gasteiger partial charge in [0.15, 0.2) is 0 Å². The Morgan fingerprint density at radius 1 is 1.11 bits per heavy atom. The standard InChI is InChI=1S/C34H48BrN3O5S/c1-7-18-36(23-14-16-24(17-15-23)43-9-3)30(40)26-27-31(41)37(20-12-10-11-13-21-39)29(34(27)22-25(35)28(26)44-34)32(42)38(19-8-2)33(4,5)6/h7-8,14-17,25-29,39H,1-2,9-13,18-22H2,3-6H3/t25?,26-,27-,28-,29?,34?/m0/s1. The van der Waals surface area contributed by atoms with Crippen molar-refractivity contribution in [3.8, 4) is 5.75 Å². The summed E-state index contributed by atoms with van der Waals surface area (Å²) in [6.07, 6.45) is 7.22. The van der Waals surface area contributed by atoms with Gasteiger partial charge >= 0.3 is 0 Å². The summed E-state index contributed by atoms with van der Waals surface area (Å²) in [6.45, 7) is 17.5. The molecule has 1 N–H and O–H groups in total. The first-order valence-electron chi connectivity index (χ1n) is 15.8. The zero-order valence-electron chi connectivity index (χ0n) is 26.5.